The Labute approximate surface area is 227 Å². The lowest BCUT2D eigenvalue weighted by Gasteiger charge is -2.38. The highest BCUT2D eigenvalue weighted by Crippen LogP contribution is 2.42. The zero-order chi connectivity index (χ0) is 28.5. The molecule has 1 aromatic carbocycles. The van der Waals surface area contributed by atoms with Crippen LogP contribution >= 0.6 is 11.3 Å². The van der Waals surface area contributed by atoms with Gasteiger partial charge in [-0.1, -0.05) is 20.8 Å². The fourth-order valence-corrected chi connectivity index (χ4v) is 5.51. The minimum atomic E-state index is -1.05. The van der Waals surface area contributed by atoms with Gasteiger partial charge in [0, 0.05) is 39.0 Å². The number of pyridine rings is 1. The van der Waals surface area contributed by atoms with E-state index in [2.05, 4.69) is 9.97 Å². The Bertz CT molecular complexity index is 1530. The summed E-state index contributed by atoms with van der Waals surface area (Å²) in [4.78, 5) is 33.6. The van der Waals surface area contributed by atoms with Crippen LogP contribution < -0.4 is 4.74 Å². The van der Waals surface area contributed by atoms with Crippen molar-refractivity contribution >= 4 is 33.3 Å². The molecule has 13 heteroatoms. The number of carboxylic acid groups (broad SMARTS) is 1. The van der Waals surface area contributed by atoms with Crippen molar-refractivity contribution in [2.75, 3.05) is 20.3 Å². The summed E-state index contributed by atoms with van der Waals surface area (Å²) >= 11 is 1.33. The van der Waals surface area contributed by atoms with Gasteiger partial charge in [0.15, 0.2) is 11.6 Å². The summed E-state index contributed by atoms with van der Waals surface area (Å²) in [5, 5.41) is 20.9. The number of benzene rings is 1. The lowest BCUT2D eigenvalue weighted by Crippen LogP contribution is -2.43. The molecule has 0 spiro atoms. The maximum Gasteiger partial charge on any atom is 0.407 e. The number of ether oxygens (including phenoxy) is 2. The van der Waals surface area contributed by atoms with E-state index in [4.69, 9.17) is 9.47 Å². The number of hydrogen-bond acceptors (Lipinski definition) is 8. The summed E-state index contributed by atoms with van der Waals surface area (Å²) in [6.07, 6.45) is 2.15. The number of nitro benzene ring substituents is 1. The number of amides is 1. The monoisotopic (exact) mass is 557 g/mol. The number of methoxy groups -OCH3 is 1. The number of fused-ring (bicyclic) bond motifs is 1. The van der Waals surface area contributed by atoms with Crippen molar-refractivity contribution in [2.45, 2.75) is 26.8 Å². The number of imidazole rings is 1. The van der Waals surface area contributed by atoms with E-state index in [-0.39, 0.29) is 24.6 Å². The SMILES string of the molecule is COCCN(C(=O)O)C(c1cnc(-c2cc3nccc(Oc4ccc([N+](=O)[O-])cc4F)c3s2)n1C)C(C)(C)C. The average Bonchev–Trinajstić information content (AvgIpc) is 3.45. The van der Waals surface area contributed by atoms with E-state index in [0.29, 0.717) is 27.5 Å². The number of nitrogens with zero attached hydrogens (tertiary/aromatic N) is 5. The van der Waals surface area contributed by atoms with Crippen LogP contribution in [-0.4, -0.2) is 55.8 Å². The molecule has 0 fully saturated rings. The summed E-state index contributed by atoms with van der Waals surface area (Å²) in [5.74, 6) is -0.0704. The van der Waals surface area contributed by atoms with Crippen molar-refractivity contribution in [2.24, 2.45) is 12.5 Å². The number of halogens is 1. The molecule has 0 bridgehead atoms. The molecule has 3 heterocycles. The van der Waals surface area contributed by atoms with Crippen LogP contribution in [0.3, 0.4) is 0 Å². The molecule has 4 rings (SSSR count). The van der Waals surface area contributed by atoms with Crippen LogP contribution in [0.2, 0.25) is 0 Å². The molecular formula is C26H28FN5O6S. The molecule has 1 atom stereocenters. The third kappa shape index (κ3) is 5.68. The molecule has 0 saturated carbocycles. The lowest BCUT2D eigenvalue weighted by atomic mass is 9.83. The Balaban J connectivity index is 1.72. The number of rotatable bonds is 9. The first-order valence-corrected chi connectivity index (χ1v) is 12.7. The Morgan fingerprint density at radius 1 is 1.26 bits per heavy atom. The second kappa shape index (κ2) is 10.9. The number of nitro groups is 1. The molecule has 1 unspecified atom stereocenters. The van der Waals surface area contributed by atoms with E-state index in [1.165, 1.54) is 41.7 Å². The van der Waals surface area contributed by atoms with Crippen molar-refractivity contribution in [1.29, 1.82) is 0 Å². The molecule has 3 aromatic heterocycles. The van der Waals surface area contributed by atoms with E-state index < -0.39 is 28.3 Å². The van der Waals surface area contributed by atoms with E-state index in [0.717, 1.165) is 10.9 Å². The largest absolute Gasteiger partial charge is 0.465 e. The quantitative estimate of drug-likeness (QED) is 0.189. The zero-order valence-electron chi connectivity index (χ0n) is 22.0. The Hall–Kier alpha value is -4.10. The third-order valence-electron chi connectivity index (χ3n) is 6.16. The fourth-order valence-electron chi connectivity index (χ4n) is 4.41. The first-order chi connectivity index (χ1) is 18.4. The van der Waals surface area contributed by atoms with Crippen molar-refractivity contribution in [3.8, 4) is 22.2 Å². The summed E-state index contributed by atoms with van der Waals surface area (Å²) in [6, 6.07) is 6.10. The van der Waals surface area contributed by atoms with Crippen LogP contribution in [0.1, 0.15) is 32.5 Å². The average molecular weight is 558 g/mol. The number of carbonyl (C=O) groups is 1. The highest BCUT2D eigenvalue weighted by molar-refractivity contribution is 7.22. The van der Waals surface area contributed by atoms with Gasteiger partial charge >= 0.3 is 6.09 Å². The van der Waals surface area contributed by atoms with E-state index in [9.17, 15) is 24.4 Å². The van der Waals surface area contributed by atoms with Crippen molar-refractivity contribution in [3.05, 3.63) is 64.4 Å². The van der Waals surface area contributed by atoms with Gasteiger partial charge in [0.05, 0.1) is 50.6 Å². The predicted molar refractivity (Wildman–Crippen MR) is 144 cm³/mol. The molecule has 0 aliphatic carbocycles. The topological polar surface area (TPSA) is 133 Å². The minimum Gasteiger partial charge on any atom is -0.465 e. The van der Waals surface area contributed by atoms with E-state index >= 15 is 0 Å². The second-order valence-electron chi connectivity index (χ2n) is 9.91. The molecular weight excluding hydrogens is 529 g/mol. The van der Waals surface area contributed by atoms with Gasteiger partial charge in [-0.25, -0.2) is 14.2 Å². The molecule has 4 aromatic rings. The van der Waals surface area contributed by atoms with Gasteiger partial charge in [-0.05, 0) is 17.5 Å². The molecule has 0 aliphatic heterocycles. The summed E-state index contributed by atoms with van der Waals surface area (Å²) in [5.41, 5.74) is 0.486. The first kappa shape index (κ1) is 27.9. The van der Waals surface area contributed by atoms with Crippen LogP contribution in [0.25, 0.3) is 20.9 Å². The molecule has 1 amide bonds. The Morgan fingerprint density at radius 2 is 2.00 bits per heavy atom. The second-order valence-corrected chi connectivity index (χ2v) is 11.0. The van der Waals surface area contributed by atoms with Crippen LogP contribution in [0, 0.1) is 21.3 Å². The lowest BCUT2D eigenvalue weighted by molar-refractivity contribution is -0.385. The molecule has 206 valence electrons. The van der Waals surface area contributed by atoms with E-state index in [1.807, 2.05) is 38.5 Å². The van der Waals surface area contributed by atoms with Crippen LogP contribution in [0.15, 0.2) is 42.7 Å². The normalized spacial score (nSPS) is 12.5. The van der Waals surface area contributed by atoms with Gasteiger partial charge in [-0.2, -0.15) is 0 Å². The van der Waals surface area contributed by atoms with Crippen molar-refractivity contribution < 1.29 is 28.7 Å². The summed E-state index contributed by atoms with van der Waals surface area (Å²) in [7, 11) is 3.35. The number of hydrogen-bond donors (Lipinski definition) is 1. The summed E-state index contributed by atoms with van der Waals surface area (Å²) < 4.78 is 27.9. The highest BCUT2D eigenvalue weighted by atomic mass is 32.1. The highest BCUT2D eigenvalue weighted by Gasteiger charge is 2.37. The maximum absolute atomic E-state index is 14.5. The molecule has 39 heavy (non-hydrogen) atoms. The maximum atomic E-state index is 14.5. The molecule has 0 radical (unpaired) electrons. The number of non-ortho nitro benzene ring substituents is 1. The molecule has 11 nitrogen and oxygen atoms in total. The number of aromatic nitrogens is 3. The zero-order valence-corrected chi connectivity index (χ0v) is 22.9. The third-order valence-corrected chi connectivity index (χ3v) is 7.30. The van der Waals surface area contributed by atoms with Crippen molar-refractivity contribution in [1.82, 2.24) is 19.4 Å². The van der Waals surface area contributed by atoms with E-state index in [1.54, 1.807) is 12.3 Å². The minimum absolute atomic E-state index is 0.153. The molecule has 0 saturated heterocycles. The van der Waals surface area contributed by atoms with Gasteiger partial charge in [0.25, 0.3) is 5.69 Å². The van der Waals surface area contributed by atoms with Gasteiger partial charge in [0.1, 0.15) is 11.6 Å². The summed E-state index contributed by atoms with van der Waals surface area (Å²) in [6.45, 7) is 6.36. The van der Waals surface area contributed by atoms with Crippen LogP contribution in [-0.2, 0) is 11.8 Å². The number of thiophene rings is 1. The standard InChI is InChI=1S/C26H28FN5O6S/c1-26(2,3)23(31(25(33)34)10-11-37-5)18-14-29-24(30(18)4)21-13-17-22(39-21)20(8-9-28-17)38-19-7-6-15(32(35)36)12-16(19)27/h6-9,12-14,23H,10-11H2,1-5H3,(H,33,34). The van der Waals surface area contributed by atoms with Gasteiger partial charge < -0.3 is 19.1 Å². The Morgan fingerprint density at radius 3 is 2.62 bits per heavy atom. The first-order valence-electron chi connectivity index (χ1n) is 11.9. The van der Waals surface area contributed by atoms with Gasteiger partial charge in [-0.3, -0.25) is 20.0 Å². The molecule has 0 aliphatic rings. The predicted octanol–water partition coefficient (Wildman–Crippen LogP) is 6.25. The van der Waals surface area contributed by atoms with Gasteiger partial charge in [0.2, 0.25) is 0 Å². The van der Waals surface area contributed by atoms with Crippen LogP contribution in [0.4, 0.5) is 14.9 Å². The van der Waals surface area contributed by atoms with Gasteiger partial charge in [-0.15, -0.1) is 11.3 Å². The Kier molecular flexibility index (Phi) is 7.84. The van der Waals surface area contributed by atoms with Crippen LogP contribution in [0.5, 0.6) is 11.5 Å². The fraction of sp³-hybridized carbons (Fsp3) is 0.346. The van der Waals surface area contributed by atoms with Crippen molar-refractivity contribution in [3.63, 3.8) is 0 Å². The smallest absolute Gasteiger partial charge is 0.407 e. The molecule has 1 N–H and O–H groups in total.